The van der Waals surface area contributed by atoms with Crippen LogP contribution in [0.2, 0.25) is 0 Å². The molecule has 1 aromatic heterocycles. The Hall–Kier alpha value is -0.790. The predicted octanol–water partition coefficient (Wildman–Crippen LogP) is 2.70. The Morgan fingerprint density at radius 1 is 1.55 bits per heavy atom. The van der Waals surface area contributed by atoms with Gasteiger partial charge in [0.05, 0.1) is 6.20 Å². The molecule has 0 saturated heterocycles. The summed E-state index contributed by atoms with van der Waals surface area (Å²) in [4.78, 5) is 0. The average Bonchev–Trinajstić information content (AvgIpc) is 2.52. The normalized spacial score (nSPS) is 13.3. The molecule has 1 aromatic rings. The zero-order valence-electron chi connectivity index (χ0n) is 7.30. The number of nitrogens with one attached hydrogen (secondary N) is 1. The number of aromatic nitrogens is 2. The molecule has 0 aromatic carbocycles. The zero-order chi connectivity index (χ0) is 8.10. The van der Waals surface area contributed by atoms with Crippen molar-refractivity contribution in [3.05, 3.63) is 18.0 Å². The molecule has 2 heteroatoms. The Balaban J connectivity index is 2.56. The summed E-state index contributed by atoms with van der Waals surface area (Å²) >= 11 is 0. The van der Waals surface area contributed by atoms with Crippen molar-refractivity contribution in [2.45, 2.75) is 39.0 Å². The van der Waals surface area contributed by atoms with E-state index in [2.05, 4.69) is 24.0 Å². The van der Waals surface area contributed by atoms with Crippen molar-refractivity contribution >= 4 is 0 Å². The van der Waals surface area contributed by atoms with E-state index in [-0.39, 0.29) is 0 Å². The van der Waals surface area contributed by atoms with Crippen molar-refractivity contribution in [3.63, 3.8) is 0 Å². The molecule has 62 valence electrons. The quantitative estimate of drug-likeness (QED) is 0.706. The fraction of sp³-hybridized carbons (Fsp3) is 0.667. The van der Waals surface area contributed by atoms with Crippen molar-refractivity contribution in [2.24, 2.45) is 0 Å². The first kappa shape index (κ1) is 8.31. The number of H-pyrrole nitrogens is 1. The molecular weight excluding hydrogens is 136 g/mol. The van der Waals surface area contributed by atoms with Crippen LogP contribution in [-0.4, -0.2) is 10.2 Å². The summed E-state index contributed by atoms with van der Waals surface area (Å²) in [5, 5.41) is 6.80. The van der Waals surface area contributed by atoms with Gasteiger partial charge in [-0.25, -0.2) is 0 Å². The van der Waals surface area contributed by atoms with Crippen LogP contribution in [0.4, 0.5) is 0 Å². The van der Waals surface area contributed by atoms with Gasteiger partial charge >= 0.3 is 0 Å². The second-order valence-corrected chi connectivity index (χ2v) is 2.93. The van der Waals surface area contributed by atoms with Gasteiger partial charge in [-0.1, -0.05) is 20.3 Å². The van der Waals surface area contributed by atoms with Crippen LogP contribution in [0.3, 0.4) is 0 Å². The maximum Gasteiger partial charge on any atom is 0.0522 e. The van der Waals surface area contributed by atoms with Gasteiger partial charge in [0.15, 0.2) is 0 Å². The Labute approximate surface area is 68.0 Å². The molecule has 11 heavy (non-hydrogen) atoms. The Kier molecular flexibility index (Phi) is 3.14. The minimum absolute atomic E-state index is 0.707. The van der Waals surface area contributed by atoms with E-state index in [1.165, 1.54) is 24.8 Å². The molecule has 0 fully saturated rings. The lowest BCUT2D eigenvalue weighted by Crippen LogP contribution is -1.94. The van der Waals surface area contributed by atoms with Crippen LogP contribution >= 0.6 is 0 Å². The number of nitrogens with zero attached hydrogens (tertiary/aromatic N) is 1. The van der Waals surface area contributed by atoms with Crippen LogP contribution in [0.25, 0.3) is 0 Å². The standard InChI is InChI=1S/C9H16N2/c1-3-5-8(4-2)9-6-10-11-7-9/h6-8H,3-5H2,1-2H3,(H,10,11). The minimum atomic E-state index is 0.707. The van der Waals surface area contributed by atoms with Crippen LogP contribution in [0.1, 0.15) is 44.6 Å². The maximum atomic E-state index is 3.95. The highest BCUT2D eigenvalue weighted by atomic mass is 15.1. The van der Waals surface area contributed by atoms with Gasteiger partial charge in [0, 0.05) is 6.20 Å². The Morgan fingerprint density at radius 2 is 2.36 bits per heavy atom. The van der Waals surface area contributed by atoms with Crippen molar-refractivity contribution < 1.29 is 0 Å². The number of rotatable bonds is 4. The van der Waals surface area contributed by atoms with E-state index < -0.39 is 0 Å². The molecule has 0 amide bonds. The van der Waals surface area contributed by atoms with Crippen LogP contribution in [-0.2, 0) is 0 Å². The smallest absolute Gasteiger partial charge is 0.0522 e. The molecule has 1 atom stereocenters. The molecule has 0 aliphatic carbocycles. The van der Waals surface area contributed by atoms with E-state index in [1.807, 2.05) is 12.4 Å². The third-order valence-corrected chi connectivity index (χ3v) is 2.12. The van der Waals surface area contributed by atoms with E-state index in [1.54, 1.807) is 0 Å². The van der Waals surface area contributed by atoms with Crippen molar-refractivity contribution in [2.75, 3.05) is 0 Å². The van der Waals surface area contributed by atoms with Gasteiger partial charge in [-0.05, 0) is 24.3 Å². The second-order valence-electron chi connectivity index (χ2n) is 2.93. The highest BCUT2D eigenvalue weighted by molar-refractivity contribution is 5.09. The van der Waals surface area contributed by atoms with Gasteiger partial charge in [0.2, 0.25) is 0 Å². The summed E-state index contributed by atoms with van der Waals surface area (Å²) in [5.74, 6) is 0.707. The molecular formula is C9H16N2. The molecule has 1 unspecified atom stereocenters. The van der Waals surface area contributed by atoms with E-state index in [0.717, 1.165) is 0 Å². The van der Waals surface area contributed by atoms with Gasteiger partial charge < -0.3 is 0 Å². The van der Waals surface area contributed by atoms with E-state index in [0.29, 0.717) is 5.92 Å². The van der Waals surface area contributed by atoms with Crippen LogP contribution < -0.4 is 0 Å². The third-order valence-electron chi connectivity index (χ3n) is 2.12. The molecule has 0 radical (unpaired) electrons. The van der Waals surface area contributed by atoms with E-state index in [4.69, 9.17) is 0 Å². The first-order valence-corrected chi connectivity index (χ1v) is 4.37. The fourth-order valence-electron chi connectivity index (χ4n) is 1.44. The van der Waals surface area contributed by atoms with Crippen molar-refractivity contribution in [1.29, 1.82) is 0 Å². The first-order valence-electron chi connectivity index (χ1n) is 4.37. The van der Waals surface area contributed by atoms with Gasteiger partial charge in [-0.15, -0.1) is 0 Å². The summed E-state index contributed by atoms with van der Waals surface area (Å²) in [6, 6.07) is 0. The molecule has 0 bridgehead atoms. The zero-order valence-corrected chi connectivity index (χ0v) is 7.30. The van der Waals surface area contributed by atoms with Gasteiger partial charge in [-0.3, -0.25) is 5.10 Å². The molecule has 0 saturated carbocycles. The monoisotopic (exact) mass is 152 g/mol. The summed E-state index contributed by atoms with van der Waals surface area (Å²) in [6.45, 7) is 4.45. The van der Waals surface area contributed by atoms with Gasteiger partial charge in [-0.2, -0.15) is 5.10 Å². The first-order chi connectivity index (χ1) is 5.38. The van der Waals surface area contributed by atoms with Crippen molar-refractivity contribution in [3.8, 4) is 0 Å². The summed E-state index contributed by atoms with van der Waals surface area (Å²) in [5.41, 5.74) is 1.36. The lowest BCUT2D eigenvalue weighted by atomic mass is 9.95. The van der Waals surface area contributed by atoms with Crippen LogP contribution in [0, 0.1) is 0 Å². The molecule has 1 heterocycles. The van der Waals surface area contributed by atoms with Crippen LogP contribution in [0.5, 0.6) is 0 Å². The minimum Gasteiger partial charge on any atom is -0.285 e. The predicted molar refractivity (Wildman–Crippen MR) is 46.5 cm³/mol. The van der Waals surface area contributed by atoms with Crippen molar-refractivity contribution in [1.82, 2.24) is 10.2 Å². The number of aromatic amines is 1. The summed E-state index contributed by atoms with van der Waals surface area (Å²) in [6.07, 6.45) is 7.68. The highest BCUT2D eigenvalue weighted by Gasteiger charge is 2.07. The SMILES string of the molecule is CCCC(CC)c1cn[nH]c1. The number of hydrogen-bond donors (Lipinski definition) is 1. The number of hydrogen-bond acceptors (Lipinski definition) is 1. The summed E-state index contributed by atoms with van der Waals surface area (Å²) < 4.78 is 0. The topological polar surface area (TPSA) is 28.7 Å². The average molecular weight is 152 g/mol. The van der Waals surface area contributed by atoms with Crippen LogP contribution in [0.15, 0.2) is 12.4 Å². The van der Waals surface area contributed by atoms with E-state index >= 15 is 0 Å². The van der Waals surface area contributed by atoms with Gasteiger partial charge in [0.1, 0.15) is 0 Å². The Morgan fingerprint density at radius 3 is 2.82 bits per heavy atom. The lowest BCUT2D eigenvalue weighted by molar-refractivity contribution is 0.596. The largest absolute Gasteiger partial charge is 0.285 e. The third kappa shape index (κ3) is 2.07. The molecule has 0 aliphatic rings. The second kappa shape index (κ2) is 4.16. The van der Waals surface area contributed by atoms with E-state index in [9.17, 15) is 0 Å². The Bertz CT molecular complexity index is 179. The fourth-order valence-corrected chi connectivity index (χ4v) is 1.44. The van der Waals surface area contributed by atoms with Gasteiger partial charge in [0.25, 0.3) is 0 Å². The molecule has 2 nitrogen and oxygen atoms in total. The summed E-state index contributed by atoms with van der Waals surface area (Å²) in [7, 11) is 0. The molecule has 1 N–H and O–H groups in total. The molecule has 1 rings (SSSR count). The molecule has 0 spiro atoms. The highest BCUT2D eigenvalue weighted by Crippen LogP contribution is 2.22. The maximum absolute atomic E-state index is 3.95. The molecule has 0 aliphatic heterocycles. The lowest BCUT2D eigenvalue weighted by Gasteiger charge is -2.09.